The smallest absolute Gasteiger partial charge is 0.255 e. The van der Waals surface area contributed by atoms with E-state index in [-0.39, 0.29) is 11.8 Å². The van der Waals surface area contributed by atoms with Gasteiger partial charge in [-0.25, -0.2) is 0 Å². The molecule has 3 rings (SSSR count). The number of carbonyl (C=O) groups is 2. The summed E-state index contributed by atoms with van der Waals surface area (Å²) in [6, 6.07) is 22.5. The summed E-state index contributed by atoms with van der Waals surface area (Å²) >= 11 is 0. The van der Waals surface area contributed by atoms with Crippen molar-refractivity contribution < 1.29 is 14.3 Å². The molecule has 3 aromatic carbocycles. The van der Waals surface area contributed by atoms with E-state index in [1.807, 2.05) is 43.3 Å². The summed E-state index contributed by atoms with van der Waals surface area (Å²) < 4.78 is 5.83. The molecule has 148 valence electrons. The third-order valence-corrected chi connectivity index (χ3v) is 4.44. The van der Waals surface area contributed by atoms with E-state index >= 15 is 0 Å². The summed E-state index contributed by atoms with van der Waals surface area (Å²) in [5.74, 6) is 0.370. The quantitative estimate of drug-likeness (QED) is 0.640. The number of likely N-dealkylation sites (N-methyl/N-ethyl adjacent to an activating group) is 1. The normalized spacial score (nSPS) is 10.3. The fraction of sp³-hybridized carbons (Fsp3) is 0.167. The molecule has 2 amide bonds. The van der Waals surface area contributed by atoms with E-state index in [1.54, 1.807) is 37.4 Å². The molecule has 0 unspecified atom stereocenters. The number of ether oxygens (including phenoxy) is 1. The minimum absolute atomic E-state index is 0.0516. The van der Waals surface area contributed by atoms with Crippen LogP contribution in [0.3, 0.4) is 0 Å². The van der Waals surface area contributed by atoms with Crippen molar-refractivity contribution in [1.82, 2.24) is 5.32 Å². The Kier molecular flexibility index (Phi) is 6.63. The Bertz CT molecular complexity index is 997. The molecule has 0 atom stereocenters. The molecule has 0 saturated heterocycles. The number of nitrogens with one attached hydrogen (secondary N) is 2. The number of anilines is 1. The lowest BCUT2D eigenvalue weighted by atomic mass is 10.1. The zero-order valence-corrected chi connectivity index (χ0v) is 16.6. The van der Waals surface area contributed by atoms with Crippen LogP contribution < -0.4 is 15.4 Å². The standard InChI is InChI=1S/C24H24N2O3/c1-17-5-3-6-19(13-17)16-29-22-8-4-7-20(15-22)24(28)26-21-11-9-18(10-12-21)14-23(27)25-2/h3-13,15H,14,16H2,1-2H3,(H,25,27)(H,26,28). The molecule has 5 nitrogen and oxygen atoms in total. The van der Waals surface area contributed by atoms with Crippen LogP contribution in [0.1, 0.15) is 27.0 Å². The number of aryl methyl sites for hydroxylation is 1. The van der Waals surface area contributed by atoms with Gasteiger partial charge >= 0.3 is 0 Å². The van der Waals surface area contributed by atoms with Crippen LogP contribution in [0.5, 0.6) is 5.75 Å². The van der Waals surface area contributed by atoms with Crippen molar-refractivity contribution in [3.63, 3.8) is 0 Å². The van der Waals surface area contributed by atoms with Crippen molar-refractivity contribution in [3.8, 4) is 5.75 Å². The molecular formula is C24H24N2O3. The summed E-state index contributed by atoms with van der Waals surface area (Å²) in [5, 5.41) is 5.46. The molecule has 0 aliphatic carbocycles. The fourth-order valence-corrected chi connectivity index (χ4v) is 2.88. The lowest BCUT2D eigenvalue weighted by molar-refractivity contribution is -0.119. The number of rotatable bonds is 7. The first kappa shape index (κ1) is 20.1. The topological polar surface area (TPSA) is 67.4 Å². The lowest BCUT2D eigenvalue weighted by Crippen LogP contribution is -2.19. The summed E-state index contributed by atoms with van der Waals surface area (Å²) in [7, 11) is 1.61. The molecule has 0 heterocycles. The Labute approximate surface area is 170 Å². The van der Waals surface area contributed by atoms with Crippen LogP contribution in [-0.2, 0) is 17.8 Å². The third kappa shape index (κ3) is 5.94. The van der Waals surface area contributed by atoms with E-state index in [9.17, 15) is 9.59 Å². The first-order valence-electron chi connectivity index (χ1n) is 9.43. The van der Waals surface area contributed by atoms with Crippen LogP contribution in [0.2, 0.25) is 0 Å². The van der Waals surface area contributed by atoms with Gasteiger partial charge in [0, 0.05) is 18.3 Å². The van der Waals surface area contributed by atoms with Gasteiger partial charge in [0.05, 0.1) is 6.42 Å². The maximum absolute atomic E-state index is 12.6. The van der Waals surface area contributed by atoms with Crippen molar-refractivity contribution in [2.24, 2.45) is 0 Å². The highest BCUT2D eigenvalue weighted by Gasteiger charge is 2.08. The van der Waals surface area contributed by atoms with Crippen LogP contribution >= 0.6 is 0 Å². The van der Waals surface area contributed by atoms with Crippen LogP contribution in [0, 0.1) is 6.92 Å². The molecule has 2 N–H and O–H groups in total. The zero-order chi connectivity index (χ0) is 20.6. The van der Waals surface area contributed by atoms with Gasteiger partial charge in [0.15, 0.2) is 0 Å². The molecule has 3 aromatic rings. The minimum atomic E-state index is -0.218. The van der Waals surface area contributed by atoms with Crippen molar-refractivity contribution in [2.45, 2.75) is 20.0 Å². The van der Waals surface area contributed by atoms with Crippen molar-refractivity contribution in [2.75, 3.05) is 12.4 Å². The molecule has 29 heavy (non-hydrogen) atoms. The maximum atomic E-state index is 12.6. The van der Waals surface area contributed by atoms with E-state index in [4.69, 9.17) is 4.74 Å². The number of amides is 2. The first-order chi connectivity index (χ1) is 14.0. The average molecular weight is 388 g/mol. The largest absolute Gasteiger partial charge is 0.489 e. The summed E-state index contributed by atoms with van der Waals surface area (Å²) in [6.45, 7) is 2.49. The lowest BCUT2D eigenvalue weighted by Gasteiger charge is -2.10. The van der Waals surface area contributed by atoms with Crippen LogP contribution in [0.25, 0.3) is 0 Å². The number of carbonyl (C=O) groups excluding carboxylic acids is 2. The molecule has 0 aromatic heterocycles. The molecule has 0 fully saturated rings. The maximum Gasteiger partial charge on any atom is 0.255 e. The van der Waals surface area contributed by atoms with E-state index in [2.05, 4.69) is 16.7 Å². The monoisotopic (exact) mass is 388 g/mol. The molecule has 0 radical (unpaired) electrons. The Morgan fingerprint density at radius 3 is 2.38 bits per heavy atom. The molecule has 0 bridgehead atoms. The van der Waals surface area contributed by atoms with Crippen molar-refractivity contribution in [1.29, 1.82) is 0 Å². The Morgan fingerprint density at radius 1 is 0.897 bits per heavy atom. The van der Waals surface area contributed by atoms with Crippen LogP contribution in [0.15, 0.2) is 72.8 Å². The molecular weight excluding hydrogens is 364 g/mol. The first-order valence-corrected chi connectivity index (χ1v) is 9.43. The van der Waals surface area contributed by atoms with Crippen LogP contribution in [-0.4, -0.2) is 18.9 Å². The van der Waals surface area contributed by atoms with E-state index in [1.165, 1.54) is 5.56 Å². The van der Waals surface area contributed by atoms with Gasteiger partial charge < -0.3 is 15.4 Å². The highest BCUT2D eigenvalue weighted by molar-refractivity contribution is 6.04. The molecule has 5 heteroatoms. The van der Waals surface area contributed by atoms with Gasteiger partial charge in [-0.3, -0.25) is 9.59 Å². The van der Waals surface area contributed by atoms with Gasteiger partial charge in [-0.05, 0) is 48.4 Å². The van der Waals surface area contributed by atoms with Gasteiger partial charge in [-0.1, -0.05) is 48.0 Å². The second kappa shape index (κ2) is 9.55. The van der Waals surface area contributed by atoms with Crippen molar-refractivity contribution >= 4 is 17.5 Å². The van der Waals surface area contributed by atoms with Gasteiger partial charge in [0.2, 0.25) is 5.91 Å². The van der Waals surface area contributed by atoms with E-state index in [0.717, 1.165) is 11.1 Å². The summed E-state index contributed by atoms with van der Waals surface area (Å²) in [6.07, 6.45) is 0.311. The zero-order valence-electron chi connectivity index (χ0n) is 16.6. The number of benzene rings is 3. The molecule has 0 aliphatic heterocycles. The number of hydrogen-bond acceptors (Lipinski definition) is 3. The Balaban J connectivity index is 1.61. The highest BCUT2D eigenvalue weighted by Crippen LogP contribution is 2.18. The Morgan fingerprint density at radius 2 is 1.66 bits per heavy atom. The number of hydrogen-bond donors (Lipinski definition) is 2. The SMILES string of the molecule is CNC(=O)Cc1ccc(NC(=O)c2cccc(OCc3cccc(C)c3)c2)cc1. The van der Waals surface area contributed by atoms with E-state index in [0.29, 0.717) is 30.0 Å². The van der Waals surface area contributed by atoms with Gasteiger partial charge in [-0.2, -0.15) is 0 Å². The molecule has 0 saturated carbocycles. The highest BCUT2D eigenvalue weighted by atomic mass is 16.5. The third-order valence-electron chi connectivity index (χ3n) is 4.44. The Hall–Kier alpha value is -3.60. The van der Waals surface area contributed by atoms with Gasteiger partial charge in [0.1, 0.15) is 12.4 Å². The van der Waals surface area contributed by atoms with Crippen molar-refractivity contribution in [3.05, 3.63) is 95.1 Å². The van der Waals surface area contributed by atoms with Gasteiger partial charge in [-0.15, -0.1) is 0 Å². The van der Waals surface area contributed by atoms with Crippen LogP contribution in [0.4, 0.5) is 5.69 Å². The van der Waals surface area contributed by atoms with Gasteiger partial charge in [0.25, 0.3) is 5.91 Å². The summed E-state index contributed by atoms with van der Waals surface area (Å²) in [4.78, 5) is 24.0. The van der Waals surface area contributed by atoms with E-state index < -0.39 is 0 Å². The minimum Gasteiger partial charge on any atom is -0.489 e. The summed E-state index contributed by atoms with van der Waals surface area (Å²) in [5.41, 5.74) is 4.33. The molecule has 0 spiro atoms. The second-order valence-electron chi connectivity index (χ2n) is 6.81. The predicted octanol–water partition coefficient (Wildman–Crippen LogP) is 4.11. The second-order valence-corrected chi connectivity index (χ2v) is 6.81. The average Bonchev–Trinajstić information content (AvgIpc) is 2.74. The predicted molar refractivity (Wildman–Crippen MR) is 114 cm³/mol. The molecule has 0 aliphatic rings. The fourth-order valence-electron chi connectivity index (χ4n) is 2.88.